The molecule has 3 aromatic carbocycles. The minimum Gasteiger partial charge on any atom is -0.497 e. The van der Waals surface area contributed by atoms with E-state index in [1.165, 1.54) is 15.9 Å². The Morgan fingerprint density at radius 1 is 0.840 bits per heavy atom. The number of hydrogen-bond acceptors (Lipinski definition) is 6. The SMILES string of the molecule is COCO[C@@H](COCc1ccc(OC)cc1)[C@@H](C)CCC/C(=C\CC/C(C)=C/CCO[Si](c1ccccc1)(c1ccccc1)C(C)(C)C)CO. The van der Waals surface area contributed by atoms with E-state index in [4.69, 9.17) is 23.4 Å². The standard InChI is InChI=1S/C43H62O6Si/c1-35(18-16-30-49-50(43(3,4)5,40-22-10-8-11-23-40)41-24-12-9-13-25-41)17-14-20-37(31-44)21-15-19-36(2)42(48-34-45-6)33-47-32-38-26-28-39(46-7)29-27-38/h8-13,18,20,22-29,36,42,44H,14-17,19,21,30-34H2,1-7H3/b35-18+,37-20+/t36-,42-/m0/s1. The molecule has 0 bridgehead atoms. The molecule has 1 N–H and O–H groups in total. The minimum absolute atomic E-state index is 0.0265. The molecule has 0 unspecified atom stereocenters. The number of benzene rings is 3. The number of hydrogen-bond donors (Lipinski definition) is 1. The van der Waals surface area contributed by atoms with Crippen LogP contribution in [0.15, 0.2) is 108 Å². The Hall–Kier alpha value is -3.04. The largest absolute Gasteiger partial charge is 0.497 e. The van der Waals surface area contributed by atoms with E-state index in [-0.39, 0.29) is 30.5 Å². The van der Waals surface area contributed by atoms with Crippen LogP contribution in [0, 0.1) is 5.92 Å². The van der Waals surface area contributed by atoms with Crippen LogP contribution in [0.4, 0.5) is 0 Å². The van der Waals surface area contributed by atoms with E-state index in [0.717, 1.165) is 55.4 Å². The maximum absolute atomic E-state index is 10.1. The van der Waals surface area contributed by atoms with Gasteiger partial charge in [-0.15, -0.1) is 0 Å². The third kappa shape index (κ3) is 12.9. The minimum atomic E-state index is -2.52. The molecule has 0 aliphatic carbocycles. The summed E-state index contributed by atoms with van der Waals surface area (Å²) < 4.78 is 29.5. The van der Waals surface area contributed by atoms with Crippen LogP contribution in [0.3, 0.4) is 0 Å². The fourth-order valence-corrected chi connectivity index (χ4v) is 11.1. The van der Waals surface area contributed by atoms with Crippen molar-refractivity contribution in [3.63, 3.8) is 0 Å². The molecule has 0 radical (unpaired) electrons. The van der Waals surface area contributed by atoms with Gasteiger partial charge in [-0.3, -0.25) is 0 Å². The summed E-state index contributed by atoms with van der Waals surface area (Å²) in [6, 6.07) is 29.5. The van der Waals surface area contributed by atoms with E-state index >= 15 is 0 Å². The second-order valence-corrected chi connectivity index (χ2v) is 18.6. The van der Waals surface area contributed by atoms with Crippen molar-refractivity contribution in [2.75, 3.05) is 40.8 Å². The lowest BCUT2D eigenvalue weighted by Crippen LogP contribution is -2.66. The van der Waals surface area contributed by atoms with E-state index in [9.17, 15) is 5.11 Å². The molecule has 2 atom stereocenters. The first-order valence-electron chi connectivity index (χ1n) is 18.1. The number of aliphatic hydroxyl groups excluding tert-OH is 1. The van der Waals surface area contributed by atoms with Crippen molar-refractivity contribution in [3.8, 4) is 5.75 Å². The summed E-state index contributed by atoms with van der Waals surface area (Å²) in [5.41, 5.74) is 3.55. The van der Waals surface area contributed by atoms with Crippen molar-refractivity contribution in [1.82, 2.24) is 0 Å². The molecule has 0 saturated carbocycles. The summed E-state index contributed by atoms with van der Waals surface area (Å²) in [6.45, 7) is 13.4. The molecule has 6 nitrogen and oxygen atoms in total. The lowest BCUT2D eigenvalue weighted by atomic mass is 9.96. The zero-order valence-corrected chi connectivity index (χ0v) is 32.7. The molecule has 0 heterocycles. The van der Waals surface area contributed by atoms with Crippen LogP contribution in [-0.4, -0.2) is 60.4 Å². The average molecular weight is 703 g/mol. The van der Waals surface area contributed by atoms with Crippen molar-refractivity contribution in [2.45, 2.75) is 90.9 Å². The molecule has 0 aromatic heterocycles. The quantitative estimate of drug-likeness (QED) is 0.0462. The Kier molecular flexibility index (Phi) is 18.2. The third-order valence-electron chi connectivity index (χ3n) is 9.42. The lowest BCUT2D eigenvalue weighted by molar-refractivity contribution is -0.117. The summed E-state index contributed by atoms with van der Waals surface area (Å²) in [5, 5.41) is 12.7. The fraction of sp³-hybridized carbons (Fsp3) is 0.488. The van der Waals surface area contributed by atoms with Gasteiger partial charge in [-0.1, -0.05) is 118 Å². The van der Waals surface area contributed by atoms with Crippen LogP contribution in [0.1, 0.15) is 78.7 Å². The van der Waals surface area contributed by atoms with Crippen molar-refractivity contribution >= 4 is 18.7 Å². The number of aliphatic hydroxyl groups is 1. The average Bonchev–Trinajstić information content (AvgIpc) is 3.12. The van der Waals surface area contributed by atoms with E-state index in [2.05, 4.69) is 107 Å². The van der Waals surface area contributed by atoms with Crippen LogP contribution >= 0.6 is 0 Å². The first-order valence-corrected chi connectivity index (χ1v) is 20.1. The van der Waals surface area contributed by atoms with Crippen molar-refractivity contribution in [2.24, 2.45) is 5.92 Å². The fourth-order valence-electron chi connectivity index (χ4n) is 6.51. The highest BCUT2D eigenvalue weighted by Gasteiger charge is 2.49. The highest BCUT2D eigenvalue weighted by atomic mass is 28.4. The lowest BCUT2D eigenvalue weighted by Gasteiger charge is -2.43. The van der Waals surface area contributed by atoms with Gasteiger partial charge < -0.3 is 28.5 Å². The van der Waals surface area contributed by atoms with Crippen LogP contribution in [0.2, 0.25) is 5.04 Å². The number of rotatable bonds is 23. The Bertz CT molecular complexity index is 1360. The molecule has 0 fully saturated rings. The van der Waals surface area contributed by atoms with Gasteiger partial charge in [-0.25, -0.2) is 0 Å². The first-order chi connectivity index (χ1) is 24.1. The monoisotopic (exact) mass is 702 g/mol. The molecular formula is C43H62O6Si. The van der Waals surface area contributed by atoms with E-state index in [1.807, 2.05) is 24.3 Å². The summed E-state index contributed by atoms with van der Waals surface area (Å²) in [4.78, 5) is 0. The molecule has 7 heteroatoms. The maximum Gasteiger partial charge on any atom is 0.261 e. The molecule has 0 aliphatic heterocycles. The van der Waals surface area contributed by atoms with Gasteiger partial charge in [0.25, 0.3) is 8.32 Å². The zero-order valence-electron chi connectivity index (χ0n) is 31.7. The van der Waals surface area contributed by atoms with Gasteiger partial charge in [0, 0.05) is 13.7 Å². The highest BCUT2D eigenvalue weighted by Crippen LogP contribution is 2.36. The molecule has 0 aliphatic rings. The molecule has 0 spiro atoms. The maximum atomic E-state index is 10.1. The first kappa shape index (κ1) is 41.4. The van der Waals surface area contributed by atoms with Crippen LogP contribution in [-0.2, 0) is 25.2 Å². The number of methoxy groups -OCH3 is 2. The van der Waals surface area contributed by atoms with Crippen molar-refractivity contribution < 1.29 is 28.5 Å². The van der Waals surface area contributed by atoms with Crippen LogP contribution in [0.25, 0.3) is 0 Å². The Morgan fingerprint density at radius 2 is 1.48 bits per heavy atom. The molecule has 3 aromatic rings. The van der Waals surface area contributed by atoms with Gasteiger partial charge in [-0.05, 0) is 90.0 Å². The predicted octanol–water partition coefficient (Wildman–Crippen LogP) is 8.62. The molecule has 274 valence electrons. The van der Waals surface area contributed by atoms with Crippen molar-refractivity contribution in [1.29, 1.82) is 0 Å². The second kappa shape index (κ2) is 22.0. The molecule has 3 rings (SSSR count). The van der Waals surface area contributed by atoms with Crippen molar-refractivity contribution in [3.05, 3.63) is 114 Å². The number of allylic oxidation sites excluding steroid dienone is 2. The van der Waals surface area contributed by atoms with Gasteiger partial charge in [0.2, 0.25) is 0 Å². The smallest absolute Gasteiger partial charge is 0.261 e. The van der Waals surface area contributed by atoms with Crippen LogP contribution in [0.5, 0.6) is 5.75 Å². The molecule has 0 saturated heterocycles. The van der Waals surface area contributed by atoms with E-state index in [0.29, 0.717) is 19.8 Å². The van der Waals surface area contributed by atoms with E-state index < -0.39 is 8.32 Å². The predicted molar refractivity (Wildman–Crippen MR) is 209 cm³/mol. The van der Waals surface area contributed by atoms with Gasteiger partial charge in [-0.2, -0.15) is 0 Å². The van der Waals surface area contributed by atoms with Gasteiger partial charge in [0.15, 0.2) is 0 Å². The second-order valence-electron chi connectivity index (χ2n) is 14.3. The topological polar surface area (TPSA) is 66.4 Å². The van der Waals surface area contributed by atoms with E-state index in [1.54, 1.807) is 14.2 Å². The molecule has 50 heavy (non-hydrogen) atoms. The Morgan fingerprint density at radius 3 is 2.04 bits per heavy atom. The normalized spacial score (nSPS) is 14.1. The number of ether oxygens (including phenoxy) is 4. The zero-order chi connectivity index (χ0) is 36.2. The van der Waals surface area contributed by atoms with Gasteiger partial charge in [0.05, 0.1) is 33.0 Å². The summed E-state index contributed by atoms with van der Waals surface area (Å²) in [6.07, 6.45) is 10.1. The van der Waals surface area contributed by atoms with Gasteiger partial charge in [0.1, 0.15) is 12.5 Å². The molecular weight excluding hydrogens is 641 g/mol. The van der Waals surface area contributed by atoms with Gasteiger partial charge >= 0.3 is 0 Å². The summed E-state index contributed by atoms with van der Waals surface area (Å²) in [7, 11) is 0.787. The third-order valence-corrected chi connectivity index (χ3v) is 14.5. The van der Waals surface area contributed by atoms with Crippen LogP contribution < -0.4 is 15.1 Å². The highest BCUT2D eigenvalue weighted by molar-refractivity contribution is 6.99. The summed E-state index contributed by atoms with van der Waals surface area (Å²) >= 11 is 0. The Labute approximate surface area is 303 Å². The summed E-state index contributed by atoms with van der Waals surface area (Å²) in [5.74, 6) is 1.12. The Balaban J connectivity index is 1.47. The molecule has 0 amide bonds.